The maximum absolute atomic E-state index is 12.7. The molecule has 0 unspecified atom stereocenters. The molecule has 1 aromatic carbocycles. The molecule has 0 saturated heterocycles. The summed E-state index contributed by atoms with van der Waals surface area (Å²) in [4.78, 5) is 12.7. The first kappa shape index (κ1) is 15.7. The Labute approximate surface area is 136 Å². The van der Waals surface area contributed by atoms with Crippen molar-refractivity contribution in [3.8, 4) is 0 Å². The van der Waals surface area contributed by atoms with Crippen LogP contribution in [0.15, 0.2) is 10.5 Å². The molecule has 0 radical (unpaired) electrons. The van der Waals surface area contributed by atoms with Gasteiger partial charge in [0.15, 0.2) is 5.78 Å². The van der Waals surface area contributed by atoms with Crippen molar-refractivity contribution in [1.82, 2.24) is 0 Å². The summed E-state index contributed by atoms with van der Waals surface area (Å²) >= 11 is 24.0. The largest absolute Gasteiger partial charge is 0.466 e. The third-order valence-electron chi connectivity index (χ3n) is 3.13. The van der Waals surface area contributed by atoms with E-state index in [1.807, 2.05) is 0 Å². The fraction of sp³-hybridized carbons (Fsp3) is 0.214. The fourth-order valence-electron chi connectivity index (χ4n) is 2.03. The summed E-state index contributed by atoms with van der Waals surface area (Å²) in [7, 11) is 0. The van der Waals surface area contributed by atoms with Gasteiger partial charge >= 0.3 is 0 Å². The van der Waals surface area contributed by atoms with Crippen LogP contribution in [0, 0.1) is 20.8 Å². The number of benzene rings is 1. The van der Waals surface area contributed by atoms with Gasteiger partial charge in [-0.05, 0) is 26.8 Å². The Hall–Kier alpha value is -0.670. The molecule has 0 amide bonds. The Bertz CT molecular complexity index is 717. The number of carbonyl (C=O) groups is 1. The van der Waals surface area contributed by atoms with Crippen LogP contribution < -0.4 is 0 Å². The molecule has 1 aromatic heterocycles. The molecule has 0 bridgehead atoms. The number of hydrogen-bond acceptors (Lipinski definition) is 2. The number of ketones is 1. The van der Waals surface area contributed by atoms with E-state index >= 15 is 0 Å². The van der Waals surface area contributed by atoms with Gasteiger partial charge in [0.05, 0.1) is 31.2 Å². The van der Waals surface area contributed by atoms with Gasteiger partial charge in [0.2, 0.25) is 0 Å². The van der Waals surface area contributed by atoms with Crippen molar-refractivity contribution in [2.45, 2.75) is 20.8 Å². The maximum Gasteiger partial charge on any atom is 0.199 e. The summed E-state index contributed by atoms with van der Waals surface area (Å²) in [6, 6.07) is 1.40. The van der Waals surface area contributed by atoms with Crippen molar-refractivity contribution in [3.63, 3.8) is 0 Å². The van der Waals surface area contributed by atoms with Crippen LogP contribution in [0.3, 0.4) is 0 Å². The minimum absolute atomic E-state index is 0.0480. The Morgan fingerprint density at radius 2 is 1.50 bits per heavy atom. The van der Waals surface area contributed by atoms with Crippen LogP contribution in [0.4, 0.5) is 0 Å². The second-order valence-electron chi connectivity index (χ2n) is 4.39. The van der Waals surface area contributed by atoms with E-state index in [9.17, 15) is 4.79 Å². The zero-order valence-electron chi connectivity index (χ0n) is 10.9. The van der Waals surface area contributed by atoms with Crippen LogP contribution in [0.25, 0.3) is 0 Å². The highest BCUT2D eigenvalue weighted by molar-refractivity contribution is 6.51. The van der Waals surface area contributed by atoms with Gasteiger partial charge < -0.3 is 4.42 Å². The molecular formula is C14H10Cl4O2. The van der Waals surface area contributed by atoms with Gasteiger partial charge in [-0.3, -0.25) is 4.79 Å². The highest BCUT2D eigenvalue weighted by atomic mass is 35.5. The van der Waals surface area contributed by atoms with Crippen molar-refractivity contribution in [2.75, 3.05) is 0 Å². The van der Waals surface area contributed by atoms with Gasteiger partial charge in [0, 0.05) is 5.56 Å². The molecule has 106 valence electrons. The van der Waals surface area contributed by atoms with Crippen LogP contribution in [-0.4, -0.2) is 5.78 Å². The lowest BCUT2D eigenvalue weighted by molar-refractivity contribution is 0.103. The molecule has 6 heteroatoms. The smallest absolute Gasteiger partial charge is 0.199 e. The highest BCUT2D eigenvalue weighted by Gasteiger charge is 2.26. The third kappa shape index (κ3) is 2.46. The number of carbonyl (C=O) groups excluding carboxylic acids is 1. The first-order valence-electron chi connectivity index (χ1n) is 5.70. The van der Waals surface area contributed by atoms with Crippen LogP contribution in [0.1, 0.15) is 33.0 Å². The van der Waals surface area contributed by atoms with Crippen LogP contribution in [-0.2, 0) is 0 Å². The molecule has 0 aliphatic rings. The third-order valence-corrected chi connectivity index (χ3v) is 4.69. The maximum atomic E-state index is 12.7. The zero-order valence-corrected chi connectivity index (χ0v) is 13.9. The topological polar surface area (TPSA) is 30.2 Å². The lowest BCUT2D eigenvalue weighted by atomic mass is 9.99. The van der Waals surface area contributed by atoms with E-state index in [2.05, 4.69) is 0 Å². The van der Waals surface area contributed by atoms with E-state index in [1.54, 1.807) is 20.8 Å². The molecule has 0 aliphatic heterocycles. The van der Waals surface area contributed by atoms with Gasteiger partial charge in [0.1, 0.15) is 11.5 Å². The number of aryl methyl sites for hydroxylation is 2. The Kier molecular flexibility index (Phi) is 4.41. The summed E-state index contributed by atoms with van der Waals surface area (Å²) in [6.07, 6.45) is 0. The van der Waals surface area contributed by atoms with Crippen LogP contribution in [0.2, 0.25) is 20.1 Å². The molecule has 1 heterocycles. The summed E-state index contributed by atoms with van der Waals surface area (Å²) in [5, 5.41) is 0.519. The quantitative estimate of drug-likeness (QED) is 0.374. The molecular weight excluding hydrogens is 342 g/mol. The molecule has 0 N–H and O–H groups in total. The number of rotatable bonds is 2. The molecule has 0 aliphatic carbocycles. The fourth-order valence-corrected chi connectivity index (χ4v) is 3.11. The summed E-state index contributed by atoms with van der Waals surface area (Å²) in [5.74, 6) is 0.867. The van der Waals surface area contributed by atoms with Gasteiger partial charge in [0.25, 0.3) is 0 Å². The van der Waals surface area contributed by atoms with Crippen molar-refractivity contribution in [1.29, 1.82) is 0 Å². The predicted octanol–water partition coefficient (Wildman–Crippen LogP) is 6.05. The lowest BCUT2D eigenvalue weighted by Gasteiger charge is -2.09. The Balaban J connectivity index is 2.69. The molecule has 2 nitrogen and oxygen atoms in total. The van der Waals surface area contributed by atoms with Crippen molar-refractivity contribution in [3.05, 3.63) is 54.4 Å². The summed E-state index contributed by atoms with van der Waals surface area (Å²) in [6.45, 7) is 5.31. The first-order valence-corrected chi connectivity index (χ1v) is 7.21. The number of halogens is 4. The van der Waals surface area contributed by atoms with E-state index in [0.29, 0.717) is 17.1 Å². The van der Waals surface area contributed by atoms with Crippen LogP contribution in [0.5, 0.6) is 0 Å². The first-order chi connectivity index (χ1) is 9.25. The Morgan fingerprint density at radius 1 is 0.900 bits per heavy atom. The monoisotopic (exact) mass is 350 g/mol. The number of furan rings is 1. The average molecular weight is 352 g/mol. The molecule has 2 rings (SSSR count). The minimum atomic E-state index is -0.328. The summed E-state index contributed by atoms with van der Waals surface area (Å²) < 4.78 is 5.46. The number of hydrogen-bond donors (Lipinski definition) is 0. The predicted molar refractivity (Wildman–Crippen MR) is 82.8 cm³/mol. The molecule has 2 aromatic rings. The van der Waals surface area contributed by atoms with Crippen molar-refractivity contribution in [2.24, 2.45) is 0 Å². The van der Waals surface area contributed by atoms with E-state index in [0.717, 1.165) is 5.56 Å². The SMILES string of the molecule is Cc1oc(C)c(C(=O)c2c(Cl)cc(Cl)c(Cl)c2Cl)c1C. The van der Waals surface area contributed by atoms with E-state index < -0.39 is 0 Å². The van der Waals surface area contributed by atoms with Gasteiger partial charge in [-0.25, -0.2) is 0 Å². The van der Waals surface area contributed by atoms with E-state index in [-0.39, 0.29) is 31.4 Å². The zero-order chi connectivity index (χ0) is 15.2. The van der Waals surface area contributed by atoms with Gasteiger partial charge in [-0.2, -0.15) is 0 Å². The second kappa shape index (κ2) is 5.61. The minimum Gasteiger partial charge on any atom is -0.466 e. The van der Waals surface area contributed by atoms with Crippen LogP contribution >= 0.6 is 46.4 Å². The summed E-state index contributed by atoms with van der Waals surface area (Å²) in [5.41, 5.74) is 1.34. The van der Waals surface area contributed by atoms with Crippen molar-refractivity contribution < 1.29 is 9.21 Å². The molecule has 20 heavy (non-hydrogen) atoms. The Morgan fingerprint density at radius 3 is 2.00 bits per heavy atom. The normalized spacial score (nSPS) is 10.9. The van der Waals surface area contributed by atoms with Gasteiger partial charge in [-0.15, -0.1) is 0 Å². The van der Waals surface area contributed by atoms with E-state index in [4.69, 9.17) is 50.8 Å². The van der Waals surface area contributed by atoms with Gasteiger partial charge in [-0.1, -0.05) is 46.4 Å². The lowest BCUT2D eigenvalue weighted by Crippen LogP contribution is -2.06. The second-order valence-corrected chi connectivity index (χ2v) is 5.96. The van der Waals surface area contributed by atoms with E-state index in [1.165, 1.54) is 6.07 Å². The molecule has 0 fully saturated rings. The molecule has 0 atom stereocenters. The molecule has 0 spiro atoms. The standard InChI is InChI=1S/C14H10Cl4O2/c1-5-6(2)20-7(3)10(5)14(19)11-8(15)4-9(16)12(17)13(11)18/h4H,1-3H3. The molecule has 0 saturated carbocycles. The average Bonchev–Trinajstić information content (AvgIpc) is 2.60. The highest BCUT2D eigenvalue weighted by Crippen LogP contribution is 2.39. The van der Waals surface area contributed by atoms with Crippen molar-refractivity contribution >= 4 is 52.2 Å².